The Hall–Kier alpha value is -1.03. The van der Waals surface area contributed by atoms with E-state index in [2.05, 4.69) is 18.8 Å². The van der Waals surface area contributed by atoms with Gasteiger partial charge in [0.15, 0.2) is 0 Å². The van der Waals surface area contributed by atoms with E-state index in [-0.39, 0.29) is 6.61 Å². The van der Waals surface area contributed by atoms with Crippen LogP contribution in [0.5, 0.6) is 0 Å². The van der Waals surface area contributed by atoms with Gasteiger partial charge in [-0.1, -0.05) is 6.92 Å². The first-order valence-corrected chi connectivity index (χ1v) is 4.47. The Morgan fingerprint density at radius 3 is 2.85 bits per heavy atom. The first-order chi connectivity index (χ1) is 6.19. The maximum absolute atomic E-state index is 8.79. The van der Waals surface area contributed by atoms with Crippen molar-refractivity contribution in [1.82, 2.24) is 4.98 Å². The van der Waals surface area contributed by atoms with E-state index in [4.69, 9.17) is 9.52 Å². The van der Waals surface area contributed by atoms with Crippen LogP contribution in [0.2, 0.25) is 0 Å². The van der Waals surface area contributed by atoms with Crippen molar-refractivity contribution < 1.29 is 9.52 Å². The fourth-order valence-corrected chi connectivity index (χ4v) is 0.993. The summed E-state index contributed by atoms with van der Waals surface area (Å²) in [6.07, 6.45) is 2.52. The molecule has 0 aliphatic carbocycles. The molecule has 0 saturated heterocycles. The molecule has 1 heterocycles. The smallest absolute Gasteiger partial charge is 0.297 e. The number of aliphatic hydroxyl groups excluding tert-OH is 1. The maximum Gasteiger partial charge on any atom is 0.297 e. The van der Waals surface area contributed by atoms with Gasteiger partial charge in [0, 0.05) is 13.1 Å². The monoisotopic (exact) mass is 184 g/mol. The number of aromatic nitrogens is 1. The predicted octanol–water partition coefficient (Wildman–Crippen LogP) is 1.40. The molecule has 4 heteroatoms. The third kappa shape index (κ3) is 2.21. The van der Waals surface area contributed by atoms with E-state index in [0.717, 1.165) is 6.42 Å². The molecule has 0 aliphatic heterocycles. The lowest BCUT2D eigenvalue weighted by atomic mass is 10.2. The molecule has 1 unspecified atom stereocenters. The van der Waals surface area contributed by atoms with Crippen LogP contribution >= 0.6 is 0 Å². The Morgan fingerprint density at radius 2 is 2.38 bits per heavy atom. The fourth-order valence-electron chi connectivity index (χ4n) is 0.993. The summed E-state index contributed by atoms with van der Waals surface area (Å²) in [6, 6.07) is 0.962. The summed E-state index contributed by atoms with van der Waals surface area (Å²) in [4.78, 5) is 6.06. The van der Waals surface area contributed by atoms with Crippen molar-refractivity contribution in [2.45, 2.75) is 32.9 Å². The van der Waals surface area contributed by atoms with Crippen LogP contribution in [0, 0.1) is 0 Å². The molecule has 0 radical (unpaired) electrons. The van der Waals surface area contributed by atoms with E-state index in [1.165, 1.54) is 6.26 Å². The van der Waals surface area contributed by atoms with Gasteiger partial charge in [0.2, 0.25) is 0 Å². The molecule has 0 saturated carbocycles. The highest BCUT2D eigenvalue weighted by Crippen LogP contribution is 2.15. The normalized spacial score (nSPS) is 12.9. The number of oxazole rings is 1. The van der Waals surface area contributed by atoms with Crippen LogP contribution < -0.4 is 4.90 Å². The molecule has 74 valence electrons. The van der Waals surface area contributed by atoms with Crippen molar-refractivity contribution >= 4 is 6.01 Å². The van der Waals surface area contributed by atoms with Crippen molar-refractivity contribution in [2.75, 3.05) is 11.9 Å². The van der Waals surface area contributed by atoms with Gasteiger partial charge in [-0.3, -0.25) is 0 Å². The quantitative estimate of drug-likeness (QED) is 0.768. The fraction of sp³-hybridized carbons (Fsp3) is 0.667. The summed E-state index contributed by atoms with van der Waals surface area (Å²) >= 11 is 0. The van der Waals surface area contributed by atoms with Crippen molar-refractivity contribution in [3.63, 3.8) is 0 Å². The zero-order chi connectivity index (χ0) is 9.84. The lowest BCUT2D eigenvalue weighted by molar-refractivity contribution is 0.276. The summed E-state index contributed by atoms with van der Waals surface area (Å²) in [7, 11) is 1.93. The molecule has 0 amide bonds. The zero-order valence-corrected chi connectivity index (χ0v) is 8.32. The molecule has 1 rings (SSSR count). The second-order valence-corrected chi connectivity index (χ2v) is 3.15. The molecule has 4 nitrogen and oxygen atoms in total. The number of hydrogen-bond acceptors (Lipinski definition) is 4. The summed E-state index contributed by atoms with van der Waals surface area (Å²) in [5.74, 6) is 0. The average molecular weight is 184 g/mol. The van der Waals surface area contributed by atoms with E-state index in [1.807, 2.05) is 11.9 Å². The molecule has 1 aromatic rings. The third-order valence-corrected chi connectivity index (χ3v) is 2.26. The van der Waals surface area contributed by atoms with Crippen molar-refractivity contribution in [3.8, 4) is 0 Å². The van der Waals surface area contributed by atoms with Crippen LogP contribution in [0.15, 0.2) is 10.7 Å². The Labute approximate surface area is 78.2 Å². The highest BCUT2D eigenvalue weighted by Gasteiger charge is 2.12. The number of aliphatic hydroxyl groups is 1. The van der Waals surface area contributed by atoms with Gasteiger partial charge < -0.3 is 14.4 Å². The van der Waals surface area contributed by atoms with E-state index in [1.54, 1.807) is 0 Å². The largest absolute Gasteiger partial charge is 0.432 e. The first-order valence-electron chi connectivity index (χ1n) is 4.47. The highest BCUT2D eigenvalue weighted by atomic mass is 16.4. The standard InChI is InChI=1S/C9H16N2O2/c1-4-7(2)11(3)9-10-8(5-12)6-13-9/h6-7,12H,4-5H2,1-3H3. The summed E-state index contributed by atoms with van der Waals surface area (Å²) in [5, 5.41) is 8.79. The average Bonchev–Trinajstić information content (AvgIpc) is 2.63. The van der Waals surface area contributed by atoms with Gasteiger partial charge in [-0.05, 0) is 13.3 Å². The summed E-state index contributed by atoms with van der Waals surface area (Å²) in [6.45, 7) is 4.14. The van der Waals surface area contributed by atoms with E-state index >= 15 is 0 Å². The molecule has 0 fully saturated rings. The van der Waals surface area contributed by atoms with Gasteiger partial charge in [-0.15, -0.1) is 0 Å². The molecule has 0 bridgehead atoms. The zero-order valence-electron chi connectivity index (χ0n) is 8.32. The molecule has 0 spiro atoms. The lowest BCUT2D eigenvalue weighted by Gasteiger charge is -2.21. The molecule has 1 N–H and O–H groups in total. The first kappa shape index (κ1) is 10.1. The van der Waals surface area contributed by atoms with Crippen LogP contribution in [-0.4, -0.2) is 23.2 Å². The van der Waals surface area contributed by atoms with Gasteiger partial charge in [-0.2, -0.15) is 4.98 Å². The Kier molecular flexibility index (Phi) is 3.31. The molecule has 1 atom stereocenters. The Morgan fingerprint density at radius 1 is 1.69 bits per heavy atom. The minimum absolute atomic E-state index is 0.0716. The van der Waals surface area contributed by atoms with Crippen molar-refractivity contribution in [2.24, 2.45) is 0 Å². The van der Waals surface area contributed by atoms with E-state index in [0.29, 0.717) is 17.8 Å². The summed E-state index contributed by atoms with van der Waals surface area (Å²) in [5.41, 5.74) is 0.574. The molecular weight excluding hydrogens is 168 g/mol. The lowest BCUT2D eigenvalue weighted by Crippen LogP contribution is -2.28. The molecule has 1 aromatic heterocycles. The number of rotatable bonds is 4. The maximum atomic E-state index is 8.79. The molecular formula is C9H16N2O2. The van der Waals surface area contributed by atoms with Gasteiger partial charge in [0.25, 0.3) is 6.01 Å². The van der Waals surface area contributed by atoms with Crippen molar-refractivity contribution in [3.05, 3.63) is 12.0 Å². The van der Waals surface area contributed by atoms with Gasteiger partial charge >= 0.3 is 0 Å². The topological polar surface area (TPSA) is 49.5 Å². The second-order valence-electron chi connectivity index (χ2n) is 3.15. The van der Waals surface area contributed by atoms with Crippen LogP contribution in [0.3, 0.4) is 0 Å². The van der Waals surface area contributed by atoms with E-state index < -0.39 is 0 Å². The van der Waals surface area contributed by atoms with Crippen LogP contribution in [0.1, 0.15) is 26.0 Å². The second kappa shape index (κ2) is 4.28. The SMILES string of the molecule is CCC(C)N(C)c1nc(CO)co1. The minimum atomic E-state index is -0.0716. The van der Waals surface area contributed by atoms with Gasteiger partial charge in [0.1, 0.15) is 12.0 Å². The number of hydrogen-bond donors (Lipinski definition) is 1. The highest BCUT2D eigenvalue weighted by molar-refractivity contribution is 5.26. The molecule has 0 aromatic carbocycles. The van der Waals surface area contributed by atoms with E-state index in [9.17, 15) is 0 Å². The predicted molar refractivity (Wildman–Crippen MR) is 50.6 cm³/mol. The Bertz CT molecular complexity index is 260. The van der Waals surface area contributed by atoms with Gasteiger partial charge in [-0.25, -0.2) is 0 Å². The van der Waals surface area contributed by atoms with Gasteiger partial charge in [0.05, 0.1) is 6.61 Å². The van der Waals surface area contributed by atoms with Crippen LogP contribution in [0.25, 0.3) is 0 Å². The summed E-state index contributed by atoms with van der Waals surface area (Å²) < 4.78 is 5.20. The third-order valence-electron chi connectivity index (χ3n) is 2.26. The van der Waals surface area contributed by atoms with Crippen LogP contribution in [0.4, 0.5) is 6.01 Å². The number of nitrogens with zero attached hydrogens (tertiary/aromatic N) is 2. The minimum Gasteiger partial charge on any atom is -0.432 e. The molecule has 13 heavy (non-hydrogen) atoms. The molecule has 0 aliphatic rings. The van der Waals surface area contributed by atoms with Crippen molar-refractivity contribution in [1.29, 1.82) is 0 Å². The Balaban J connectivity index is 2.70. The number of anilines is 1. The van der Waals surface area contributed by atoms with Crippen LogP contribution in [-0.2, 0) is 6.61 Å².